The van der Waals surface area contributed by atoms with Gasteiger partial charge in [0.1, 0.15) is 11.9 Å². The molecule has 0 saturated carbocycles. The Morgan fingerprint density at radius 1 is 1.21 bits per heavy atom. The molecule has 2 aromatic rings. The monoisotopic (exact) mass is 366 g/mol. The maximum atomic E-state index is 13.6. The molecule has 5 nitrogen and oxygen atoms in total. The number of carbonyl (C=O) groups excluding carboxylic acids is 2. The van der Waals surface area contributed by atoms with Crippen molar-refractivity contribution < 1.29 is 18.7 Å². The summed E-state index contributed by atoms with van der Waals surface area (Å²) in [5.41, 5.74) is 0.269. The lowest BCUT2D eigenvalue weighted by Gasteiger charge is -2.08. The molecule has 0 heterocycles. The van der Waals surface area contributed by atoms with E-state index in [4.69, 9.17) is 33.2 Å². The number of nitrogens with zero attached hydrogens (tertiary/aromatic N) is 1. The molecule has 0 atom stereocenters. The highest BCUT2D eigenvalue weighted by molar-refractivity contribution is 6.32. The molecule has 122 valence electrons. The first kappa shape index (κ1) is 17.7. The van der Waals surface area contributed by atoms with Gasteiger partial charge in [-0.2, -0.15) is 5.26 Å². The lowest BCUT2D eigenvalue weighted by Crippen LogP contribution is -2.21. The summed E-state index contributed by atoms with van der Waals surface area (Å²) in [7, 11) is 0. The molecular formula is C16H9Cl2FN2O3. The van der Waals surface area contributed by atoms with Gasteiger partial charge in [0.2, 0.25) is 0 Å². The summed E-state index contributed by atoms with van der Waals surface area (Å²) >= 11 is 11.4. The fraction of sp³-hybridized carbons (Fsp3) is 0.0625. The minimum absolute atomic E-state index is 0.138. The first-order chi connectivity index (χ1) is 11.4. The van der Waals surface area contributed by atoms with E-state index in [1.807, 2.05) is 6.07 Å². The standard InChI is InChI=1S/C16H9Cl2FN2O3/c17-10-2-4-12(14(19)5-10)16(23)24-8-15(22)21-11-3-1-9(7-20)13(18)6-11/h1-6H,8H2,(H,21,22). The zero-order valence-electron chi connectivity index (χ0n) is 12.0. The molecule has 0 aliphatic rings. The SMILES string of the molecule is N#Cc1ccc(NC(=O)COC(=O)c2ccc(Cl)cc2F)cc1Cl. The van der Waals surface area contributed by atoms with Gasteiger partial charge in [0, 0.05) is 10.7 Å². The van der Waals surface area contributed by atoms with Crippen LogP contribution >= 0.6 is 23.2 Å². The lowest BCUT2D eigenvalue weighted by atomic mass is 10.2. The number of esters is 1. The highest BCUT2D eigenvalue weighted by Crippen LogP contribution is 2.20. The third-order valence-corrected chi connectivity index (χ3v) is 3.41. The van der Waals surface area contributed by atoms with Gasteiger partial charge in [0.15, 0.2) is 6.61 Å². The van der Waals surface area contributed by atoms with Gasteiger partial charge in [-0.3, -0.25) is 4.79 Å². The number of nitriles is 1. The van der Waals surface area contributed by atoms with E-state index in [1.54, 1.807) is 0 Å². The number of halogens is 3. The number of nitrogens with one attached hydrogen (secondary N) is 1. The lowest BCUT2D eigenvalue weighted by molar-refractivity contribution is -0.119. The number of rotatable bonds is 4. The average Bonchev–Trinajstić information content (AvgIpc) is 2.53. The van der Waals surface area contributed by atoms with Crippen LogP contribution in [-0.4, -0.2) is 18.5 Å². The molecule has 0 spiro atoms. The van der Waals surface area contributed by atoms with E-state index in [1.165, 1.54) is 24.3 Å². The van der Waals surface area contributed by atoms with E-state index in [2.05, 4.69) is 5.32 Å². The van der Waals surface area contributed by atoms with Crippen LogP contribution in [0.4, 0.5) is 10.1 Å². The van der Waals surface area contributed by atoms with Crippen molar-refractivity contribution in [1.29, 1.82) is 5.26 Å². The van der Waals surface area contributed by atoms with Crippen LogP contribution < -0.4 is 5.32 Å². The number of anilines is 1. The maximum absolute atomic E-state index is 13.6. The van der Waals surface area contributed by atoms with Crippen molar-refractivity contribution in [2.75, 3.05) is 11.9 Å². The van der Waals surface area contributed by atoms with Crippen LogP contribution in [0.5, 0.6) is 0 Å². The van der Waals surface area contributed by atoms with Crippen LogP contribution in [0, 0.1) is 17.1 Å². The Labute approximate surface area is 146 Å². The molecule has 0 aromatic heterocycles. The van der Waals surface area contributed by atoms with Crippen molar-refractivity contribution in [3.05, 3.63) is 63.4 Å². The van der Waals surface area contributed by atoms with Gasteiger partial charge in [-0.05, 0) is 36.4 Å². The van der Waals surface area contributed by atoms with Crippen molar-refractivity contribution >= 4 is 40.8 Å². The maximum Gasteiger partial charge on any atom is 0.341 e. The predicted octanol–water partition coefficient (Wildman–Crippen LogP) is 3.80. The van der Waals surface area contributed by atoms with E-state index in [-0.39, 0.29) is 21.2 Å². The van der Waals surface area contributed by atoms with E-state index in [9.17, 15) is 14.0 Å². The summed E-state index contributed by atoms with van der Waals surface area (Å²) in [5, 5.41) is 11.5. The van der Waals surface area contributed by atoms with Crippen molar-refractivity contribution in [2.45, 2.75) is 0 Å². The molecule has 0 aliphatic heterocycles. The van der Waals surface area contributed by atoms with Crippen LogP contribution in [0.1, 0.15) is 15.9 Å². The van der Waals surface area contributed by atoms with Crippen molar-refractivity contribution in [1.82, 2.24) is 0 Å². The molecule has 0 saturated heterocycles. The van der Waals surface area contributed by atoms with Gasteiger partial charge >= 0.3 is 5.97 Å². The number of ether oxygens (including phenoxy) is 1. The van der Waals surface area contributed by atoms with Gasteiger partial charge in [-0.1, -0.05) is 23.2 Å². The number of amides is 1. The van der Waals surface area contributed by atoms with Crippen molar-refractivity contribution in [2.24, 2.45) is 0 Å². The summed E-state index contributed by atoms with van der Waals surface area (Å²) in [4.78, 5) is 23.5. The molecule has 2 rings (SSSR count). The van der Waals surface area contributed by atoms with E-state index >= 15 is 0 Å². The molecule has 1 N–H and O–H groups in total. The Morgan fingerprint density at radius 3 is 2.58 bits per heavy atom. The molecule has 8 heteroatoms. The normalized spacial score (nSPS) is 9.92. The molecule has 0 radical (unpaired) electrons. The molecule has 2 aromatic carbocycles. The summed E-state index contributed by atoms with van der Waals surface area (Å²) < 4.78 is 18.3. The quantitative estimate of drug-likeness (QED) is 0.834. The second kappa shape index (κ2) is 7.77. The second-order valence-corrected chi connectivity index (χ2v) is 5.40. The third kappa shape index (κ3) is 4.44. The first-order valence-corrected chi connectivity index (χ1v) is 7.28. The van der Waals surface area contributed by atoms with Crippen LogP contribution in [0.3, 0.4) is 0 Å². The Balaban J connectivity index is 1.94. The summed E-state index contributed by atoms with van der Waals surface area (Å²) in [6.07, 6.45) is 0. The third-order valence-electron chi connectivity index (χ3n) is 2.86. The highest BCUT2D eigenvalue weighted by atomic mass is 35.5. The number of carbonyl (C=O) groups is 2. The van der Waals surface area contributed by atoms with E-state index in [0.717, 1.165) is 12.1 Å². The predicted molar refractivity (Wildman–Crippen MR) is 86.5 cm³/mol. The Hall–Kier alpha value is -2.62. The smallest absolute Gasteiger partial charge is 0.341 e. The molecule has 0 bridgehead atoms. The molecule has 0 unspecified atom stereocenters. The van der Waals surface area contributed by atoms with Gasteiger partial charge in [0.05, 0.1) is 16.1 Å². The van der Waals surface area contributed by atoms with Gasteiger partial charge in [0.25, 0.3) is 5.91 Å². The molecule has 1 amide bonds. The zero-order valence-corrected chi connectivity index (χ0v) is 13.5. The zero-order chi connectivity index (χ0) is 17.7. The summed E-state index contributed by atoms with van der Waals surface area (Å²) in [5.74, 6) is -2.47. The first-order valence-electron chi connectivity index (χ1n) is 6.52. The van der Waals surface area contributed by atoms with E-state index in [0.29, 0.717) is 5.69 Å². The van der Waals surface area contributed by atoms with Gasteiger partial charge < -0.3 is 10.1 Å². The van der Waals surface area contributed by atoms with Crippen LogP contribution in [0.15, 0.2) is 36.4 Å². The second-order valence-electron chi connectivity index (χ2n) is 4.55. The van der Waals surface area contributed by atoms with Crippen LogP contribution in [0.2, 0.25) is 10.0 Å². The number of benzene rings is 2. The molecule has 0 fully saturated rings. The molecule has 24 heavy (non-hydrogen) atoms. The average molecular weight is 367 g/mol. The summed E-state index contributed by atoms with van der Waals surface area (Å²) in [6.45, 7) is -0.613. The minimum atomic E-state index is -0.989. The number of hydrogen-bond donors (Lipinski definition) is 1. The topological polar surface area (TPSA) is 79.2 Å². The van der Waals surface area contributed by atoms with E-state index < -0.39 is 24.3 Å². The van der Waals surface area contributed by atoms with Crippen molar-refractivity contribution in [3.63, 3.8) is 0 Å². The minimum Gasteiger partial charge on any atom is -0.452 e. The Kier molecular flexibility index (Phi) is 5.74. The highest BCUT2D eigenvalue weighted by Gasteiger charge is 2.15. The fourth-order valence-corrected chi connectivity index (χ4v) is 2.13. The fourth-order valence-electron chi connectivity index (χ4n) is 1.74. The van der Waals surface area contributed by atoms with Crippen molar-refractivity contribution in [3.8, 4) is 6.07 Å². The Morgan fingerprint density at radius 2 is 1.96 bits per heavy atom. The molecule has 0 aliphatic carbocycles. The van der Waals surface area contributed by atoms with Gasteiger partial charge in [-0.25, -0.2) is 9.18 Å². The van der Waals surface area contributed by atoms with Crippen LogP contribution in [-0.2, 0) is 9.53 Å². The molecular weight excluding hydrogens is 358 g/mol. The Bertz CT molecular complexity index is 850. The largest absolute Gasteiger partial charge is 0.452 e. The van der Waals surface area contributed by atoms with Gasteiger partial charge in [-0.15, -0.1) is 0 Å². The van der Waals surface area contributed by atoms with Crippen LogP contribution in [0.25, 0.3) is 0 Å². The number of hydrogen-bond acceptors (Lipinski definition) is 4. The summed E-state index contributed by atoms with van der Waals surface area (Å²) in [6, 6.07) is 9.65.